The molecule has 0 saturated heterocycles. The highest BCUT2D eigenvalue weighted by molar-refractivity contribution is 5.92. The first-order chi connectivity index (χ1) is 5.72. The van der Waals surface area contributed by atoms with Crippen LogP contribution in [-0.2, 0) is 4.79 Å². The first-order valence-corrected chi connectivity index (χ1v) is 4.26. The zero-order valence-electron chi connectivity index (χ0n) is 7.67. The Hall–Kier alpha value is -0.990. The molecule has 0 bridgehead atoms. The molecule has 0 rings (SSSR count). The van der Waals surface area contributed by atoms with E-state index in [1.807, 2.05) is 0 Å². The molecule has 0 heterocycles. The van der Waals surface area contributed by atoms with Crippen LogP contribution in [0.5, 0.6) is 0 Å². The molecule has 0 N–H and O–H groups in total. The highest BCUT2D eigenvalue weighted by Crippen LogP contribution is 2.05. The molecule has 68 valence electrons. The molecule has 0 aromatic rings. The third kappa shape index (κ3) is 4.77. The zero-order valence-corrected chi connectivity index (χ0v) is 7.67. The molecule has 0 unspecified atom stereocenters. The van der Waals surface area contributed by atoms with Crippen LogP contribution in [0.2, 0.25) is 0 Å². The van der Waals surface area contributed by atoms with Gasteiger partial charge in [-0.1, -0.05) is 25.8 Å². The maximum Gasteiger partial charge on any atom is 0.181 e. The standard InChI is InChI=1S/C9H15NO2/c1-3-4-5-6-7-9(10-12)8(2)11/h7H,3-6H2,1-2H3. The molecule has 0 aliphatic rings. The first-order valence-electron chi connectivity index (χ1n) is 4.26. The lowest BCUT2D eigenvalue weighted by molar-refractivity contribution is -0.113. The highest BCUT2D eigenvalue weighted by Gasteiger charge is 2.01. The average molecular weight is 169 g/mol. The van der Waals surface area contributed by atoms with Crippen molar-refractivity contribution in [1.29, 1.82) is 0 Å². The van der Waals surface area contributed by atoms with Crippen molar-refractivity contribution in [3.05, 3.63) is 16.7 Å². The molecule has 3 nitrogen and oxygen atoms in total. The van der Waals surface area contributed by atoms with E-state index in [2.05, 4.69) is 12.1 Å². The summed E-state index contributed by atoms with van der Waals surface area (Å²) >= 11 is 0. The number of carbonyl (C=O) groups excluding carboxylic acids is 1. The van der Waals surface area contributed by atoms with Crippen molar-refractivity contribution < 1.29 is 4.79 Å². The van der Waals surface area contributed by atoms with Crippen molar-refractivity contribution in [3.63, 3.8) is 0 Å². The Kier molecular flexibility index (Phi) is 6.15. The smallest absolute Gasteiger partial charge is 0.181 e. The van der Waals surface area contributed by atoms with Crippen LogP contribution < -0.4 is 0 Å². The molecular formula is C9H15NO2. The van der Waals surface area contributed by atoms with E-state index in [4.69, 9.17) is 0 Å². The minimum absolute atomic E-state index is 0.0612. The predicted molar refractivity (Wildman–Crippen MR) is 48.7 cm³/mol. The van der Waals surface area contributed by atoms with Gasteiger partial charge in [0, 0.05) is 6.92 Å². The van der Waals surface area contributed by atoms with Crippen molar-refractivity contribution in [2.45, 2.75) is 39.5 Å². The number of carbonyl (C=O) groups is 1. The van der Waals surface area contributed by atoms with E-state index < -0.39 is 0 Å². The molecule has 0 spiro atoms. The van der Waals surface area contributed by atoms with Gasteiger partial charge in [0.1, 0.15) is 5.70 Å². The van der Waals surface area contributed by atoms with Crippen LogP contribution in [0.15, 0.2) is 16.9 Å². The quantitative estimate of drug-likeness (QED) is 0.348. The molecular weight excluding hydrogens is 154 g/mol. The predicted octanol–water partition coefficient (Wildman–Crippen LogP) is 2.81. The van der Waals surface area contributed by atoms with Gasteiger partial charge in [0.15, 0.2) is 5.78 Å². The number of unbranched alkanes of at least 4 members (excludes halogenated alkanes) is 3. The molecule has 0 fully saturated rings. The number of hydrogen-bond acceptors (Lipinski definition) is 3. The fourth-order valence-corrected chi connectivity index (χ4v) is 0.878. The van der Waals surface area contributed by atoms with E-state index in [-0.39, 0.29) is 11.5 Å². The number of rotatable bonds is 6. The number of ketones is 1. The lowest BCUT2D eigenvalue weighted by Crippen LogP contribution is -1.92. The van der Waals surface area contributed by atoms with Gasteiger partial charge in [-0.2, -0.15) is 0 Å². The molecule has 0 aliphatic heterocycles. The van der Waals surface area contributed by atoms with Crippen LogP contribution in [0.1, 0.15) is 39.5 Å². The summed E-state index contributed by atoms with van der Waals surface area (Å²) in [6.45, 7) is 3.46. The Morgan fingerprint density at radius 1 is 1.42 bits per heavy atom. The van der Waals surface area contributed by atoms with Gasteiger partial charge >= 0.3 is 0 Å². The molecule has 0 aromatic heterocycles. The van der Waals surface area contributed by atoms with E-state index in [0.29, 0.717) is 0 Å². The second-order valence-electron chi connectivity index (χ2n) is 2.73. The van der Waals surface area contributed by atoms with Crippen LogP contribution in [0.25, 0.3) is 0 Å². The number of nitroso groups, excluding NO2 is 1. The van der Waals surface area contributed by atoms with Gasteiger partial charge in [0.05, 0.1) is 0 Å². The number of allylic oxidation sites excluding steroid dienone is 2. The van der Waals surface area contributed by atoms with Crippen LogP contribution in [-0.4, -0.2) is 5.78 Å². The Balaban J connectivity index is 3.79. The normalized spacial score (nSPS) is 11.3. The fourth-order valence-electron chi connectivity index (χ4n) is 0.878. The average Bonchev–Trinajstić information content (AvgIpc) is 2.04. The van der Waals surface area contributed by atoms with Gasteiger partial charge in [-0.05, 0) is 18.0 Å². The summed E-state index contributed by atoms with van der Waals surface area (Å²) in [5.74, 6) is -0.249. The van der Waals surface area contributed by atoms with E-state index in [9.17, 15) is 9.70 Å². The van der Waals surface area contributed by atoms with E-state index in [1.165, 1.54) is 6.92 Å². The highest BCUT2D eigenvalue weighted by atomic mass is 16.3. The molecule has 0 saturated carbocycles. The molecule has 0 amide bonds. The van der Waals surface area contributed by atoms with Gasteiger partial charge in [0.25, 0.3) is 0 Å². The summed E-state index contributed by atoms with van der Waals surface area (Å²) < 4.78 is 0. The second-order valence-corrected chi connectivity index (χ2v) is 2.73. The van der Waals surface area contributed by atoms with Crippen molar-refractivity contribution in [1.82, 2.24) is 0 Å². The molecule has 3 heteroatoms. The van der Waals surface area contributed by atoms with E-state index >= 15 is 0 Å². The summed E-state index contributed by atoms with van der Waals surface area (Å²) in [6.07, 6.45) is 5.67. The Morgan fingerprint density at radius 2 is 2.08 bits per heavy atom. The SMILES string of the molecule is CCCCCC=C(N=O)C(C)=O. The van der Waals surface area contributed by atoms with Crippen LogP contribution in [0.3, 0.4) is 0 Å². The maximum absolute atomic E-state index is 10.7. The summed E-state index contributed by atoms with van der Waals surface area (Å²) in [4.78, 5) is 20.7. The van der Waals surface area contributed by atoms with Crippen LogP contribution >= 0.6 is 0 Å². The van der Waals surface area contributed by atoms with Gasteiger partial charge in [-0.25, -0.2) is 0 Å². The van der Waals surface area contributed by atoms with Gasteiger partial charge in [-0.15, -0.1) is 4.91 Å². The molecule has 0 aliphatic carbocycles. The Labute approximate surface area is 72.8 Å². The number of Topliss-reactive ketones (excluding diaryl/α,β-unsaturated/α-hetero) is 1. The minimum atomic E-state index is -0.249. The maximum atomic E-state index is 10.7. The summed E-state index contributed by atoms with van der Waals surface area (Å²) in [6, 6.07) is 0. The molecule has 0 atom stereocenters. The van der Waals surface area contributed by atoms with Crippen LogP contribution in [0, 0.1) is 4.91 Å². The Bertz CT molecular complexity index is 185. The molecule has 0 aromatic carbocycles. The third-order valence-electron chi connectivity index (χ3n) is 1.60. The minimum Gasteiger partial charge on any atom is -0.293 e. The lowest BCUT2D eigenvalue weighted by atomic mass is 10.2. The van der Waals surface area contributed by atoms with Crippen LogP contribution in [0.4, 0.5) is 0 Å². The van der Waals surface area contributed by atoms with E-state index in [1.54, 1.807) is 6.08 Å². The number of nitrogens with zero attached hydrogens (tertiary/aromatic N) is 1. The van der Waals surface area contributed by atoms with Gasteiger partial charge < -0.3 is 0 Å². The zero-order chi connectivity index (χ0) is 9.40. The topological polar surface area (TPSA) is 46.5 Å². The summed E-state index contributed by atoms with van der Waals surface area (Å²) in [7, 11) is 0. The monoisotopic (exact) mass is 169 g/mol. The first kappa shape index (κ1) is 11.0. The molecule has 12 heavy (non-hydrogen) atoms. The summed E-state index contributed by atoms with van der Waals surface area (Å²) in [5.41, 5.74) is 0.0612. The largest absolute Gasteiger partial charge is 0.293 e. The van der Waals surface area contributed by atoms with Gasteiger partial charge in [-0.3, -0.25) is 4.79 Å². The summed E-state index contributed by atoms with van der Waals surface area (Å²) in [5, 5.41) is 2.65. The van der Waals surface area contributed by atoms with Crippen molar-refractivity contribution in [2.75, 3.05) is 0 Å². The Morgan fingerprint density at radius 3 is 2.50 bits per heavy atom. The van der Waals surface area contributed by atoms with Crippen molar-refractivity contribution in [2.24, 2.45) is 5.18 Å². The van der Waals surface area contributed by atoms with Crippen molar-refractivity contribution >= 4 is 5.78 Å². The fraction of sp³-hybridized carbons (Fsp3) is 0.667. The third-order valence-corrected chi connectivity index (χ3v) is 1.60. The lowest BCUT2D eigenvalue weighted by Gasteiger charge is -1.93. The number of hydrogen-bond donors (Lipinski definition) is 0. The molecule has 0 radical (unpaired) electrons. The second kappa shape index (κ2) is 6.70. The van der Waals surface area contributed by atoms with Crippen molar-refractivity contribution in [3.8, 4) is 0 Å². The van der Waals surface area contributed by atoms with E-state index in [0.717, 1.165) is 25.7 Å². The van der Waals surface area contributed by atoms with Gasteiger partial charge in [0.2, 0.25) is 0 Å².